The van der Waals surface area contributed by atoms with Crippen LogP contribution in [0.1, 0.15) is 60.4 Å². The average Bonchev–Trinajstić information content (AvgIpc) is 3.05. The molecule has 1 fully saturated rings. The minimum atomic E-state index is -0.980. The summed E-state index contributed by atoms with van der Waals surface area (Å²) < 4.78 is 1.80. The van der Waals surface area contributed by atoms with Crippen molar-refractivity contribution in [3.63, 3.8) is 0 Å². The van der Waals surface area contributed by atoms with Crippen molar-refractivity contribution in [1.29, 1.82) is 0 Å². The number of nitrogens with zero attached hydrogens (tertiary/aromatic N) is 3. The van der Waals surface area contributed by atoms with Crippen molar-refractivity contribution in [1.82, 2.24) is 14.6 Å². The van der Waals surface area contributed by atoms with E-state index in [-0.39, 0.29) is 5.69 Å². The van der Waals surface area contributed by atoms with Gasteiger partial charge in [0.15, 0.2) is 11.3 Å². The second kappa shape index (κ2) is 3.80. The Morgan fingerprint density at radius 2 is 2.17 bits per heavy atom. The normalized spacial score (nSPS) is 15.5. The summed E-state index contributed by atoms with van der Waals surface area (Å²) in [6.45, 7) is 4.13. The predicted molar refractivity (Wildman–Crippen MR) is 66.0 cm³/mol. The van der Waals surface area contributed by atoms with Crippen LogP contribution in [0.5, 0.6) is 0 Å². The highest BCUT2D eigenvalue weighted by Crippen LogP contribution is 2.40. The zero-order valence-corrected chi connectivity index (χ0v) is 10.4. The Balaban J connectivity index is 2.24. The van der Waals surface area contributed by atoms with E-state index in [2.05, 4.69) is 23.9 Å². The lowest BCUT2D eigenvalue weighted by molar-refractivity contribution is 0.0690. The molecule has 0 aromatic carbocycles. The van der Waals surface area contributed by atoms with Crippen LogP contribution in [0.2, 0.25) is 0 Å². The molecule has 0 aliphatic heterocycles. The van der Waals surface area contributed by atoms with Gasteiger partial charge in [0, 0.05) is 17.7 Å². The van der Waals surface area contributed by atoms with Gasteiger partial charge in [-0.15, -0.1) is 0 Å². The third-order valence-electron chi connectivity index (χ3n) is 3.28. The van der Waals surface area contributed by atoms with Crippen molar-refractivity contribution < 1.29 is 9.90 Å². The van der Waals surface area contributed by atoms with E-state index in [0.29, 0.717) is 17.5 Å². The Morgan fingerprint density at radius 1 is 1.44 bits per heavy atom. The Kier molecular flexibility index (Phi) is 2.36. The summed E-state index contributed by atoms with van der Waals surface area (Å²) in [5, 5.41) is 13.6. The highest BCUT2D eigenvalue weighted by Gasteiger charge is 2.28. The molecule has 0 unspecified atom stereocenters. The van der Waals surface area contributed by atoms with Crippen LogP contribution in [0.25, 0.3) is 5.65 Å². The largest absolute Gasteiger partial charge is 0.477 e. The average molecular weight is 245 g/mol. The number of carboxylic acid groups (broad SMARTS) is 1. The van der Waals surface area contributed by atoms with E-state index in [1.54, 1.807) is 10.6 Å². The monoisotopic (exact) mass is 245 g/mol. The maximum absolute atomic E-state index is 11.1. The van der Waals surface area contributed by atoms with E-state index in [0.717, 1.165) is 24.2 Å². The van der Waals surface area contributed by atoms with Crippen molar-refractivity contribution in [3.8, 4) is 0 Å². The molecular weight excluding hydrogens is 230 g/mol. The zero-order valence-electron chi connectivity index (χ0n) is 10.4. The highest BCUT2D eigenvalue weighted by molar-refractivity contribution is 5.86. The van der Waals surface area contributed by atoms with Crippen LogP contribution in [0, 0.1) is 0 Å². The summed E-state index contributed by atoms with van der Waals surface area (Å²) in [6.07, 6.45) is 2.21. The number of aromatic carboxylic acids is 1. The summed E-state index contributed by atoms with van der Waals surface area (Å²) in [4.78, 5) is 15.2. The van der Waals surface area contributed by atoms with Crippen LogP contribution < -0.4 is 0 Å². The van der Waals surface area contributed by atoms with Crippen molar-refractivity contribution >= 4 is 11.6 Å². The maximum atomic E-state index is 11.1. The van der Waals surface area contributed by atoms with Crippen LogP contribution in [-0.2, 0) is 0 Å². The molecule has 1 N–H and O–H groups in total. The lowest BCUT2D eigenvalue weighted by Crippen LogP contribution is -2.07. The van der Waals surface area contributed by atoms with E-state index < -0.39 is 5.97 Å². The Bertz CT molecular complexity index is 626. The summed E-state index contributed by atoms with van der Waals surface area (Å²) in [7, 11) is 0. The molecule has 0 bridgehead atoms. The molecule has 2 aromatic heterocycles. The van der Waals surface area contributed by atoms with E-state index >= 15 is 0 Å². The highest BCUT2D eigenvalue weighted by atomic mass is 16.4. The molecule has 1 aliphatic rings. The minimum absolute atomic E-state index is 0.111. The van der Waals surface area contributed by atoms with Gasteiger partial charge in [0.1, 0.15) is 0 Å². The van der Waals surface area contributed by atoms with Crippen molar-refractivity contribution in [2.45, 2.75) is 38.5 Å². The van der Waals surface area contributed by atoms with Crippen LogP contribution in [0.15, 0.2) is 12.1 Å². The van der Waals surface area contributed by atoms with E-state index in [4.69, 9.17) is 5.11 Å². The summed E-state index contributed by atoms with van der Waals surface area (Å²) >= 11 is 0. The molecule has 0 amide bonds. The van der Waals surface area contributed by atoms with Gasteiger partial charge in [-0.1, -0.05) is 13.8 Å². The van der Waals surface area contributed by atoms with Gasteiger partial charge in [-0.25, -0.2) is 14.3 Å². The standard InChI is InChI=1S/C13H15N3O2/c1-7(2)9-6-12-14-10(13(17)18)5-11(8-3-4-8)16(12)15-9/h5-8H,3-4H2,1-2H3,(H,17,18). The van der Waals surface area contributed by atoms with E-state index in [1.165, 1.54) is 0 Å². The summed E-state index contributed by atoms with van der Waals surface area (Å²) in [5.74, 6) is -0.229. The second-order valence-corrected chi connectivity index (χ2v) is 5.14. The van der Waals surface area contributed by atoms with E-state index in [9.17, 15) is 4.79 Å². The van der Waals surface area contributed by atoms with Crippen LogP contribution >= 0.6 is 0 Å². The molecule has 0 atom stereocenters. The predicted octanol–water partition coefficient (Wildman–Crippen LogP) is 2.43. The molecule has 0 spiro atoms. The number of carboxylic acids is 1. The lowest BCUT2D eigenvalue weighted by Gasteiger charge is -2.04. The Hall–Kier alpha value is -1.91. The topological polar surface area (TPSA) is 67.5 Å². The molecule has 2 heterocycles. The van der Waals surface area contributed by atoms with Crippen LogP contribution in [-0.4, -0.2) is 25.7 Å². The van der Waals surface area contributed by atoms with Gasteiger partial charge in [-0.05, 0) is 24.8 Å². The van der Waals surface area contributed by atoms with Crippen molar-refractivity contribution in [3.05, 3.63) is 29.2 Å². The van der Waals surface area contributed by atoms with Gasteiger partial charge >= 0.3 is 5.97 Å². The van der Waals surface area contributed by atoms with Gasteiger partial charge in [0.05, 0.1) is 5.69 Å². The van der Waals surface area contributed by atoms with Gasteiger partial charge in [0.2, 0.25) is 0 Å². The molecule has 5 heteroatoms. The quantitative estimate of drug-likeness (QED) is 0.901. The van der Waals surface area contributed by atoms with Gasteiger partial charge in [-0.2, -0.15) is 5.10 Å². The number of hydrogen-bond donors (Lipinski definition) is 1. The van der Waals surface area contributed by atoms with E-state index in [1.807, 2.05) is 6.07 Å². The maximum Gasteiger partial charge on any atom is 0.354 e. The molecule has 2 aromatic rings. The van der Waals surface area contributed by atoms with Crippen LogP contribution in [0.3, 0.4) is 0 Å². The number of fused-ring (bicyclic) bond motifs is 1. The first-order valence-corrected chi connectivity index (χ1v) is 6.20. The zero-order chi connectivity index (χ0) is 12.9. The number of aromatic nitrogens is 3. The first-order valence-electron chi connectivity index (χ1n) is 6.20. The first kappa shape index (κ1) is 11.2. The van der Waals surface area contributed by atoms with Gasteiger partial charge in [0.25, 0.3) is 0 Å². The molecule has 0 saturated heterocycles. The fraction of sp³-hybridized carbons (Fsp3) is 0.462. The smallest absolute Gasteiger partial charge is 0.354 e. The third-order valence-corrected chi connectivity index (χ3v) is 3.28. The molecular formula is C13H15N3O2. The number of hydrogen-bond acceptors (Lipinski definition) is 3. The summed E-state index contributed by atoms with van der Waals surface area (Å²) in [5.41, 5.74) is 2.68. The molecule has 94 valence electrons. The van der Waals surface area contributed by atoms with Crippen molar-refractivity contribution in [2.24, 2.45) is 0 Å². The molecule has 18 heavy (non-hydrogen) atoms. The first-order chi connectivity index (χ1) is 8.56. The minimum Gasteiger partial charge on any atom is -0.477 e. The Morgan fingerprint density at radius 3 is 2.72 bits per heavy atom. The molecule has 5 nitrogen and oxygen atoms in total. The number of rotatable bonds is 3. The lowest BCUT2D eigenvalue weighted by atomic mass is 10.1. The van der Waals surface area contributed by atoms with Gasteiger partial charge < -0.3 is 5.11 Å². The fourth-order valence-electron chi connectivity index (χ4n) is 2.08. The molecule has 1 saturated carbocycles. The molecule has 0 radical (unpaired) electrons. The second-order valence-electron chi connectivity index (χ2n) is 5.14. The van der Waals surface area contributed by atoms with Gasteiger partial charge in [-0.3, -0.25) is 0 Å². The molecule has 3 rings (SSSR count). The number of carbonyl (C=O) groups is 1. The SMILES string of the molecule is CC(C)c1cc2nc(C(=O)O)cc(C3CC3)n2n1. The van der Waals surface area contributed by atoms with Crippen LogP contribution in [0.4, 0.5) is 0 Å². The third kappa shape index (κ3) is 1.75. The summed E-state index contributed by atoms with van der Waals surface area (Å²) in [6, 6.07) is 3.53. The van der Waals surface area contributed by atoms with Crippen molar-refractivity contribution in [2.75, 3.05) is 0 Å². The Labute approximate surface area is 104 Å². The fourth-order valence-corrected chi connectivity index (χ4v) is 2.08. The molecule has 1 aliphatic carbocycles.